The molecule has 0 saturated carbocycles. The minimum absolute atomic E-state index is 0.0956. The molecule has 0 aliphatic carbocycles. The van der Waals surface area contributed by atoms with Crippen LogP contribution >= 0.6 is 0 Å². The van der Waals surface area contributed by atoms with Gasteiger partial charge in [0.05, 0.1) is 6.10 Å². The topological polar surface area (TPSA) is 43.3 Å². The smallest absolute Gasteiger partial charge is 0.221 e. The molecule has 1 aliphatic rings. The maximum atomic E-state index is 11.9. The Morgan fingerprint density at radius 2 is 2.25 bits per heavy atom. The molecular weight excluding hydrogens is 252 g/mol. The van der Waals surface area contributed by atoms with Crippen molar-refractivity contribution in [1.29, 1.82) is 0 Å². The summed E-state index contributed by atoms with van der Waals surface area (Å²) in [6, 6.07) is 10.3. The summed E-state index contributed by atoms with van der Waals surface area (Å²) in [4.78, 5) is 11.9. The summed E-state index contributed by atoms with van der Waals surface area (Å²) in [5.41, 5.74) is 1.18. The third-order valence-electron chi connectivity index (χ3n) is 3.81. The van der Waals surface area contributed by atoms with Gasteiger partial charge in [-0.1, -0.05) is 18.2 Å². The van der Waals surface area contributed by atoms with Gasteiger partial charge in [0.25, 0.3) is 0 Å². The van der Waals surface area contributed by atoms with Crippen molar-refractivity contribution >= 4 is 16.8 Å². The average molecular weight is 272 g/mol. The molecule has 1 aromatic heterocycles. The Labute approximate surface area is 118 Å². The van der Waals surface area contributed by atoms with Crippen LogP contribution in [0.4, 0.5) is 0 Å². The quantitative estimate of drug-likeness (QED) is 0.907. The highest BCUT2D eigenvalue weighted by Gasteiger charge is 2.16. The fraction of sp³-hybridized carbons (Fsp3) is 0.438. The second-order valence-corrected chi connectivity index (χ2v) is 5.26. The van der Waals surface area contributed by atoms with Crippen molar-refractivity contribution in [2.75, 3.05) is 13.2 Å². The number of carbonyl (C=O) groups is 1. The minimum atomic E-state index is 0.0956. The van der Waals surface area contributed by atoms with Crippen molar-refractivity contribution in [3.8, 4) is 0 Å². The van der Waals surface area contributed by atoms with E-state index < -0.39 is 0 Å². The standard InChI is InChI=1S/C16H20N2O2/c19-16(17-12-14-5-3-11-20-14)8-10-18-9-7-13-4-1-2-6-15(13)18/h1-2,4,6-7,9,14H,3,5,8,10-12H2,(H,17,19)/t14-/m1/s1. The maximum Gasteiger partial charge on any atom is 0.221 e. The van der Waals surface area contributed by atoms with Crippen LogP contribution in [0.25, 0.3) is 10.9 Å². The maximum absolute atomic E-state index is 11.9. The summed E-state index contributed by atoms with van der Waals surface area (Å²) in [5.74, 6) is 0.0956. The van der Waals surface area contributed by atoms with E-state index in [9.17, 15) is 4.79 Å². The van der Waals surface area contributed by atoms with Crippen LogP contribution in [0.1, 0.15) is 19.3 Å². The summed E-state index contributed by atoms with van der Waals surface area (Å²) in [6.07, 6.45) is 4.92. The molecule has 1 amide bonds. The van der Waals surface area contributed by atoms with Crippen molar-refractivity contribution in [2.24, 2.45) is 0 Å². The van der Waals surface area contributed by atoms with Crippen LogP contribution in [0, 0.1) is 0 Å². The monoisotopic (exact) mass is 272 g/mol. The molecule has 1 N–H and O–H groups in total. The van der Waals surface area contributed by atoms with Gasteiger partial charge >= 0.3 is 0 Å². The third-order valence-corrected chi connectivity index (χ3v) is 3.81. The average Bonchev–Trinajstić information content (AvgIpc) is 3.12. The first-order chi connectivity index (χ1) is 9.83. The van der Waals surface area contributed by atoms with Gasteiger partial charge in [-0.25, -0.2) is 0 Å². The van der Waals surface area contributed by atoms with E-state index in [0.29, 0.717) is 19.5 Å². The lowest BCUT2D eigenvalue weighted by Crippen LogP contribution is -2.32. The molecule has 20 heavy (non-hydrogen) atoms. The number of aromatic nitrogens is 1. The normalized spacial score (nSPS) is 18.5. The predicted octanol–water partition coefficient (Wildman–Crippen LogP) is 2.33. The molecule has 3 rings (SSSR count). The molecule has 2 heterocycles. The van der Waals surface area contributed by atoms with Crippen LogP contribution in [0.5, 0.6) is 0 Å². The number of amides is 1. The van der Waals surface area contributed by atoms with Crippen LogP contribution in [0.3, 0.4) is 0 Å². The first-order valence-electron chi connectivity index (χ1n) is 7.25. The molecule has 2 aromatic rings. The number of fused-ring (bicyclic) bond motifs is 1. The number of nitrogens with one attached hydrogen (secondary N) is 1. The highest BCUT2D eigenvalue weighted by atomic mass is 16.5. The van der Waals surface area contributed by atoms with Crippen LogP contribution in [0.2, 0.25) is 0 Å². The molecule has 0 radical (unpaired) electrons. The summed E-state index contributed by atoms with van der Waals surface area (Å²) in [5, 5.41) is 4.17. The van der Waals surface area contributed by atoms with Crippen molar-refractivity contribution in [3.05, 3.63) is 36.5 Å². The number of rotatable bonds is 5. The highest BCUT2D eigenvalue weighted by molar-refractivity contribution is 5.80. The predicted molar refractivity (Wildman–Crippen MR) is 78.5 cm³/mol. The summed E-state index contributed by atoms with van der Waals surface area (Å²) in [7, 11) is 0. The largest absolute Gasteiger partial charge is 0.376 e. The van der Waals surface area contributed by atoms with Gasteiger partial charge in [0.1, 0.15) is 0 Å². The SMILES string of the molecule is O=C(CCn1ccc2ccccc21)NC[C@H]1CCCO1. The van der Waals surface area contributed by atoms with Crippen LogP contribution in [-0.4, -0.2) is 29.7 Å². The zero-order chi connectivity index (χ0) is 13.8. The van der Waals surface area contributed by atoms with Gasteiger partial charge in [-0.15, -0.1) is 0 Å². The zero-order valence-electron chi connectivity index (χ0n) is 11.5. The van der Waals surface area contributed by atoms with E-state index in [0.717, 1.165) is 19.4 Å². The van der Waals surface area contributed by atoms with Gasteiger partial charge in [-0.3, -0.25) is 4.79 Å². The van der Waals surface area contributed by atoms with Gasteiger partial charge in [0.15, 0.2) is 0 Å². The Bertz CT molecular complexity index is 585. The van der Waals surface area contributed by atoms with Gasteiger partial charge < -0.3 is 14.6 Å². The number of hydrogen-bond acceptors (Lipinski definition) is 2. The van der Waals surface area contributed by atoms with Gasteiger partial charge in [-0.2, -0.15) is 0 Å². The van der Waals surface area contributed by atoms with Crippen molar-refractivity contribution < 1.29 is 9.53 Å². The molecule has 106 valence electrons. The van der Waals surface area contributed by atoms with Gasteiger partial charge in [-0.05, 0) is 30.4 Å². The molecule has 1 atom stereocenters. The number of hydrogen-bond donors (Lipinski definition) is 1. The molecule has 0 unspecified atom stereocenters. The Morgan fingerprint density at radius 1 is 1.35 bits per heavy atom. The number of para-hydroxylation sites is 1. The molecule has 4 heteroatoms. The Balaban J connectivity index is 1.49. The minimum Gasteiger partial charge on any atom is -0.376 e. The fourth-order valence-electron chi connectivity index (χ4n) is 2.68. The van der Waals surface area contributed by atoms with E-state index in [1.807, 2.05) is 18.3 Å². The first-order valence-corrected chi connectivity index (χ1v) is 7.25. The molecule has 1 aliphatic heterocycles. The van der Waals surface area contributed by atoms with Crippen molar-refractivity contribution in [2.45, 2.75) is 31.9 Å². The van der Waals surface area contributed by atoms with Crippen molar-refractivity contribution in [1.82, 2.24) is 9.88 Å². The van der Waals surface area contributed by atoms with E-state index in [1.165, 1.54) is 10.9 Å². The second kappa shape index (κ2) is 6.09. The molecular formula is C16H20N2O2. The third kappa shape index (κ3) is 3.02. The number of carbonyl (C=O) groups excluding carboxylic acids is 1. The van der Waals surface area contributed by atoms with Crippen LogP contribution < -0.4 is 5.32 Å². The van der Waals surface area contributed by atoms with Crippen LogP contribution in [-0.2, 0) is 16.1 Å². The Hall–Kier alpha value is -1.81. The molecule has 0 bridgehead atoms. The van der Waals surface area contributed by atoms with E-state index >= 15 is 0 Å². The Kier molecular flexibility index (Phi) is 4.02. The number of nitrogens with zero attached hydrogens (tertiary/aromatic N) is 1. The second-order valence-electron chi connectivity index (χ2n) is 5.26. The molecule has 1 saturated heterocycles. The van der Waals surface area contributed by atoms with E-state index in [-0.39, 0.29) is 12.0 Å². The fourth-order valence-corrected chi connectivity index (χ4v) is 2.68. The van der Waals surface area contributed by atoms with Gasteiger partial charge in [0, 0.05) is 37.8 Å². The number of ether oxygens (including phenoxy) is 1. The molecule has 1 fully saturated rings. The lowest BCUT2D eigenvalue weighted by atomic mass is 10.2. The van der Waals surface area contributed by atoms with E-state index in [4.69, 9.17) is 4.74 Å². The molecule has 4 nitrogen and oxygen atoms in total. The van der Waals surface area contributed by atoms with Gasteiger partial charge in [0.2, 0.25) is 5.91 Å². The Morgan fingerprint density at radius 3 is 3.10 bits per heavy atom. The molecule has 0 spiro atoms. The summed E-state index contributed by atoms with van der Waals surface area (Å²) < 4.78 is 7.62. The van der Waals surface area contributed by atoms with E-state index in [1.54, 1.807) is 0 Å². The zero-order valence-corrected chi connectivity index (χ0v) is 11.5. The first kappa shape index (κ1) is 13.2. The van der Waals surface area contributed by atoms with E-state index in [2.05, 4.69) is 28.1 Å². The summed E-state index contributed by atoms with van der Waals surface area (Å²) in [6.45, 7) is 2.19. The summed E-state index contributed by atoms with van der Waals surface area (Å²) >= 11 is 0. The number of aryl methyl sites for hydroxylation is 1. The molecule has 1 aromatic carbocycles. The lowest BCUT2D eigenvalue weighted by molar-refractivity contribution is -0.121. The lowest BCUT2D eigenvalue weighted by Gasteiger charge is -2.11. The number of benzene rings is 1. The van der Waals surface area contributed by atoms with Crippen molar-refractivity contribution in [3.63, 3.8) is 0 Å². The highest BCUT2D eigenvalue weighted by Crippen LogP contribution is 2.15. The van der Waals surface area contributed by atoms with Crippen LogP contribution in [0.15, 0.2) is 36.5 Å².